The average molecular weight is 381 g/mol. The Bertz CT molecular complexity index is 1080. The molecular weight excluding hydrogens is 368 g/mol. The van der Waals surface area contributed by atoms with Crippen LogP contribution in [0.3, 0.4) is 0 Å². The molecule has 0 unspecified atom stereocenters. The minimum Gasteiger partial charge on any atom is -0.457 e. The van der Waals surface area contributed by atoms with Crippen molar-refractivity contribution in [3.8, 4) is 11.5 Å². The molecule has 4 rings (SSSR count). The molecule has 4 aromatic rings. The molecule has 2 heterocycles. The first-order valence-corrected chi connectivity index (χ1v) is 9.06. The summed E-state index contributed by atoms with van der Waals surface area (Å²) in [5.41, 5.74) is 0.634. The van der Waals surface area contributed by atoms with Crippen molar-refractivity contribution >= 4 is 44.6 Å². The molecule has 26 heavy (non-hydrogen) atoms. The maximum Gasteiger partial charge on any atom is 0.267 e. The van der Waals surface area contributed by atoms with Crippen LogP contribution in [0.25, 0.3) is 10.1 Å². The minimum absolute atomic E-state index is 0.239. The zero-order valence-corrected chi connectivity index (χ0v) is 15.1. The smallest absolute Gasteiger partial charge is 0.267 e. The first-order valence-electron chi connectivity index (χ1n) is 7.87. The highest BCUT2D eigenvalue weighted by atomic mass is 35.5. The maximum atomic E-state index is 12.6. The van der Waals surface area contributed by atoms with Crippen molar-refractivity contribution in [2.75, 3.05) is 5.32 Å². The Morgan fingerprint density at radius 3 is 2.62 bits per heavy atom. The highest BCUT2D eigenvalue weighted by molar-refractivity contribution is 7.21. The topological polar surface area (TPSA) is 51.2 Å². The highest BCUT2D eigenvalue weighted by Gasteiger charge is 2.17. The molecule has 0 aliphatic heterocycles. The number of carbonyl (C=O) groups is 1. The van der Waals surface area contributed by atoms with Crippen LogP contribution in [0.2, 0.25) is 5.02 Å². The molecule has 0 atom stereocenters. The van der Waals surface area contributed by atoms with Crippen molar-refractivity contribution in [3.05, 3.63) is 83.0 Å². The fourth-order valence-electron chi connectivity index (χ4n) is 2.53. The molecule has 0 saturated heterocycles. The number of carbonyl (C=O) groups excluding carboxylic acids is 1. The zero-order chi connectivity index (χ0) is 17.9. The fourth-order valence-corrected chi connectivity index (χ4v) is 3.94. The second-order valence-corrected chi connectivity index (χ2v) is 6.94. The predicted molar refractivity (Wildman–Crippen MR) is 106 cm³/mol. The Kier molecular flexibility index (Phi) is 4.56. The molecule has 0 radical (unpaired) electrons. The number of amides is 1. The van der Waals surface area contributed by atoms with E-state index in [-0.39, 0.29) is 5.91 Å². The van der Waals surface area contributed by atoms with Gasteiger partial charge in [0.05, 0.1) is 5.02 Å². The van der Waals surface area contributed by atoms with Gasteiger partial charge >= 0.3 is 0 Å². The van der Waals surface area contributed by atoms with Gasteiger partial charge in [0.2, 0.25) is 0 Å². The third-order valence-electron chi connectivity index (χ3n) is 3.72. The van der Waals surface area contributed by atoms with Gasteiger partial charge < -0.3 is 10.1 Å². The van der Waals surface area contributed by atoms with Crippen LogP contribution in [-0.4, -0.2) is 10.9 Å². The van der Waals surface area contributed by atoms with Gasteiger partial charge in [-0.1, -0.05) is 35.9 Å². The summed E-state index contributed by atoms with van der Waals surface area (Å²) in [6, 6.07) is 18.4. The lowest BCUT2D eigenvalue weighted by Crippen LogP contribution is -2.10. The van der Waals surface area contributed by atoms with Gasteiger partial charge in [-0.3, -0.25) is 9.78 Å². The fraction of sp³-hybridized carbons (Fsp3) is 0. The highest BCUT2D eigenvalue weighted by Crippen LogP contribution is 2.35. The van der Waals surface area contributed by atoms with E-state index in [0.29, 0.717) is 27.1 Å². The largest absolute Gasteiger partial charge is 0.457 e. The second-order valence-electron chi connectivity index (χ2n) is 5.51. The number of aromatic nitrogens is 1. The van der Waals surface area contributed by atoms with Crippen molar-refractivity contribution in [1.82, 2.24) is 4.98 Å². The van der Waals surface area contributed by atoms with E-state index in [2.05, 4.69) is 10.3 Å². The summed E-state index contributed by atoms with van der Waals surface area (Å²) in [6.07, 6.45) is 3.31. The first kappa shape index (κ1) is 16.6. The summed E-state index contributed by atoms with van der Waals surface area (Å²) < 4.78 is 6.75. The number of fused-ring (bicyclic) bond motifs is 1. The van der Waals surface area contributed by atoms with Crippen LogP contribution in [0.15, 0.2) is 73.1 Å². The summed E-state index contributed by atoms with van der Waals surface area (Å²) in [7, 11) is 0. The van der Waals surface area contributed by atoms with E-state index in [4.69, 9.17) is 16.3 Å². The van der Waals surface area contributed by atoms with Gasteiger partial charge in [-0.2, -0.15) is 0 Å². The first-order chi connectivity index (χ1) is 12.7. The predicted octanol–water partition coefficient (Wildman–Crippen LogP) is 5.99. The van der Waals surface area contributed by atoms with Crippen molar-refractivity contribution in [3.63, 3.8) is 0 Å². The molecule has 128 valence electrons. The molecule has 1 amide bonds. The van der Waals surface area contributed by atoms with E-state index in [0.717, 1.165) is 10.1 Å². The number of hydrogen-bond donors (Lipinski definition) is 1. The van der Waals surface area contributed by atoms with Gasteiger partial charge in [0.15, 0.2) is 0 Å². The number of benzene rings is 2. The standard InChI is InChI=1S/C20H13ClN2O2S/c21-18-16-6-1-2-7-17(16)26-19(18)20(24)23-13-4-3-5-15(12-13)25-14-8-10-22-11-9-14/h1-12H,(H,23,24). The molecular formula is C20H13ClN2O2S. The molecule has 6 heteroatoms. The molecule has 0 fully saturated rings. The van der Waals surface area contributed by atoms with E-state index in [1.807, 2.05) is 36.4 Å². The van der Waals surface area contributed by atoms with Gasteiger partial charge in [-0.25, -0.2) is 0 Å². The van der Waals surface area contributed by atoms with E-state index >= 15 is 0 Å². The Balaban J connectivity index is 1.56. The van der Waals surface area contributed by atoms with Crippen LogP contribution in [-0.2, 0) is 0 Å². The van der Waals surface area contributed by atoms with E-state index in [1.165, 1.54) is 11.3 Å². The summed E-state index contributed by atoms with van der Waals surface area (Å²) in [5, 5.41) is 4.25. The average Bonchev–Trinajstić information content (AvgIpc) is 3.00. The van der Waals surface area contributed by atoms with Gasteiger partial charge in [0.25, 0.3) is 5.91 Å². The van der Waals surface area contributed by atoms with E-state index in [9.17, 15) is 4.79 Å². The Labute approximate surface area is 159 Å². The van der Waals surface area contributed by atoms with Crippen LogP contribution in [0.4, 0.5) is 5.69 Å². The third kappa shape index (κ3) is 3.40. The number of anilines is 1. The third-order valence-corrected chi connectivity index (χ3v) is 5.39. The molecule has 1 N–H and O–H groups in total. The number of pyridine rings is 1. The van der Waals surface area contributed by atoms with Crippen LogP contribution in [0.5, 0.6) is 11.5 Å². The Morgan fingerprint density at radius 2 is 1.81 bits per heavy atom. The van der Waals surface area contributed by atoms with Gasteiger partial charge in [0.1, 0.15) is 16.4 Å². The Hall–Kier alpha value is -2.89. The molecule has 2 aromatic heterocycles. The normalized spacial score (nSPS) is 10.7. The number of nitrogens with one attached hydrogen (secondary N) is 1. The Morgan fingerprint density at radius 1 is 1.00 bits per heavy atom. The monoisotopic (exact) mass is 380 g/mol. The second kappa shape index (κ2) is 7.15. The summed E-state index contributed by atoms with van der Waals surface area (Å²) in [6.45, 7) is 0. The van der Waals surface area contributed by atoms with Crippen molar-refractivity contribution < 1.29 is 9.53 Å². The van der Waals surface area contributed by atoms with Crippen LogP contribution in [0.1, 0.15) is 9.67 Å². The van der Waals surface area contributed by atoms with E-state index < -0.39 is 0 Å². The molecule has 0 aliphatic rings. The molecule has 0 aliphatic carbocycles. The van der Waals surface area contributed by atoms with E-state index in [1.54, 1.807) is 36.7 Å². The number of hydrogen-bond acceptors (Lipinski definition) is 4. The summed E-state index contributed by atoms with van der Waals surface area (Å²) in [4.78, 5) is 17.1. The van der Waals surface area contributed by atoms with Crippen LogP contribution >= 0.6 is 22.9 Å². The van der Waals surface area contributed by atoms with Crippen molar-refractivity contribution in [1.29, 1.82) is 0 Å². The molecule has 2 aromatic carbocycles. The lowest BCUT2D eigenvalue weighted by molar-refractivity contribution is 0.103. The quantitative estimate of drug-likeness (QED) is 0.472. The van der Waals surface area contributed by atoms with Crippen molar-refractivity contribution in [2.45, 2.75) is 0 Å². The molecule has 0 bridgehead atoms. The zero-order valence-electron chi connectivity index (χ0n) is 13.5. The lowest BCUT2D eigenvalue weighted by Gasteiger charge is -2.08. The van der Waals surface area contributed by atoms with Gasteiger partial charge in [-0.05, 0) is 30.3 Å². The molecule has 0 saturated carbocycles. The van der Waals surface area contributed by atoms with Crippen LogP contribution in [0, 0.1) is 0 Å². The number of nitrogens with zero attached hydrogens (tertiary/aromatic N) is 1. The number of ether oxygens (including phenoxy) is 1. The SMILES string of the molecule is O=C(Nc1cccc(Oc2ccncc2)c1)c1sc2ccccc2c1Cl. The number of rotatable bonds is 4. The number of thiophene rings is 1. The van der Waals surface area contributed by atoms with Crippen LogP contribution < -0.4 is 10.1 Å². The van der Waals surface area contributed by atoms with Crippen molar-refractivity contribution in [2.24, 2.45) is 0 Å². The summed E-state index contributed by atoms with van der Waals surface area (Å²) in [5.74, 6) is 1.06. The molecule has 0 spiro atoms. The minimum atomic E-state index is -0.239. The van der Waals surface area contributed by atoms with Gasteiger partial charge in [-0.15, -0.1) is 11.3 Å². The maximum absolute atomic E-state index is 12.6. The molecule has 4 nitrogen and oxygen atoms in total. The number of halogens is 1. The van der Waals surface area contributed by atoms with Gasteiger partial charge in [0, 0.05) is 34.2 Å². The lowest BCUT2D eigenvalue weighted by atomic mass is 10.2. The summed E-state index contributed by atoms with van der Waals surface area (Å²) >= 11 is 7.75.